The molecular formula is C14H17N3O2. The predicted molar refractivity (Wildman–Crippen MR) is 72.4 cm³/mol. The summed E-state index contributed by atoms with van der Waals surface area (Å²) < 4.78 is 6.70. The summed E-state index contributed by atoms with van der Waals surface area (Å²) in [6.45, 7) is 4.36. The van der Waals surface area contributed by atoms with Gasteiger partial charge in [-0.15, -0.1) is 0 Å². The van der Waals surface area contributed by atoms with Gasteiger partial charge in [-0.25, -0.2) is 0 Å². The van der Waals surface area contributed by atoms with E-state index in [0.29, 0.717) is 5.82 Å². The number of ether oxygens (including phenoxy) is 1. The molecule has 1 aromatic heterocycles. The summed E-state index contributed by atoms with van der Waals surface area (Å²) in [5.74, 6) is 0.0614. The Hall–Kier alpha value is -2.30. The van der Waals surface area contributed by atoms with Crippen molar-refractivity contribution in [1.29, 1.82) is 0 Å². The van der Waals surface area contributed by atoms with Crippen molar-refractivity contribution in [3.8, 4) is 0 Å². The molecule has 0 saturated heterocycles. The number of nitrogens with zero attached hydrogens (tertiary/aromatic N) is 2. The quantitative estimate of drug-likeness (QED) is 0.850. The zero-order valence-corrected chi connectivity index (χ0v) is 11.1. The lowest BCUT2D eigenvalue weighted by molar-refractivity contribution is -0.145. The van der Waals surface area contributed by atoms with Crippen LogP contribution < -0.4 is 5.73 Å². The van der Waals surface area contributed by atoms with Gasteiger partial charge >= 0.3 is 5.97 Å². The largest absolute Gasteiger partial charge is 0.459 e. The molecule has 5 nitrogen and oxygen atoms in total. The first kappa shape index (κ1) is 13.1. The van der Waals surface area contributed by atoms with Crippen LogP contribution in [0.1, 0.15) is 16.7 Å². The highest BCUT2D eigenvalue weighted by Gasteiger charge is 2.07. The maximum Gasteiger partial charge on any atom is 0.328 e. The van der Waals surface area contributed by atoms with Gasteiger partial charge in [-0.2, -0.15) is 5.10 Å². The molecule has 19 heavy (non-hydrogen) atoms. The van der Waals surface area contributed by atoms with Gasteiger partial charge in [-0.05, 0) is 31.0 Å². The van der Waals surface area contributed by atoms with E-state index < -0.39 is 0 Å². The highest BCUT2D eigenvalue weighted by Crippen LogP contribution is 2.12. The predicted octanol–water partition coefficient (Wildman–Crippen LogP) is 1.83. The molecule has 2 rings (SSSR count). The first-order valence-corrected chi connectivity index (χ1v) is 6.05. The van der Waals surface area contributed by atoms with Gasteiger partial charge in [0.15, 0.2) is 0 Å². The van der Waals surface area contributed by atoms with Gasteiger partial charge < -0.3 is 10.5 Å². The molecule has 1 aromatic carbocycles. The number of aromatic nitrogens is 2. The Labute approximate surface area is 112 Å². The minimum absolute atomic E-state index is 0.0715. The van der Waals surface area contributed by atoms with Gasteiger partial charge in [0.1, 0.15) is 19.0 Å². The summed E-state index contributed by atoms with van der Waals surface area (Å²) >= 11 is 0. The summed E-state index contributed by atoms with van der Waals surface area (Å²) in [5.41, 5.74) is 8.76. The van der Waals surface area contributed by atoms with Crippen molar-refractivity contribution in [1.82, 2.24) is 9.78 Å². The summed E-state index contributed by atoms with van der Waals surface area (Å²) in [4.78, 5) is 11.7. The Morgan fingerprint density at radius 1 is 1.37 bits per heavy atom. The Kier molecular flexibility index (Phi) is 3.85. The number of carbonyl (C=O) groups is 1. The third kappa shape index (κ3) is 3.58. The van der Waals surface area contributed by atoms with Gasteiger partial charge in [0.2, 0.25) is 0 Å². The van der Waals surface area contributed by atoms with Crippen molar-refractivity contribution in [3.05, 3.63) is 47.2 Å². The van der Waals surface area contributed by atoms with Crippen LogP contribution in [0.2, 0.25) is 0 Å². The minimum Gasteiger partial charge on any atom is -0.459 e. The smallest absolute Gasteiger partial charge is 0.328 e. The number of esters is 1. The van der Waals surface area contributed by atoms with Crippen molar-refractivity contribution in [2.75, 3.05) is 5.73 Å². The Morgan fingerprint density at radius 2 is 2.16 bits per heavy atom. The summed E-state index contributed by atoms with van der Waals surface area (Å²) in [6.07, 6.45) is 1.65. The molecule has 5 heteroatoms. The Morgan fingerprint density at radius 3 is 2.84 bits per heavy atom. The number of carbonyl (C=O) groups excluding carboxylic acids is 1. The molecule has 0 fully saturated rings. The highest BCUT2D eigenvalue weighted by molar-refractivity contribution is 5.69. The van der Waals surface area contributed by atoms with Crippen molar-refractivity contribution in [2.24, 2.45) is 0 Å². The standard InChI is InChI=1S/C14H17N3O2/c1-10-3-4-11(2)12(7-10)9-19-14(18)8-17-6-5-13(15)16-17/h3-7H,8-9H2,1-2H3,(H2,15,16). The van der Waals surface area contributed by atoms with E-state index in [9.17, 15) is 4.79 Å². The number of nitrogen functional groups attached to an aromatic ring is 1. The van der Waals surface area contributed by atoms with Crippen LogP contribution in [0.15, 0.2) is 30.5 Å². The molecule has 100 valence electrons. The average molecular weight is 259 g/mol. The van der Waals surface area contributed by atoms with Crippen molar-refractivity contribution >= 4 is 11.8 Å². The molecule has 0 radical (unpaired) electrons. The van der Waals surface area contributed by atoms with Crippen molar-refractivity contribution in [2.45, 2.75) is 27.0 Å². The topological polar surface area (TPSA) is 70.1 Å². The second-order valence-corrected chi connectivity index (χ2v) is 4.53. The van der Waals surface area contributed by atoms with Crippen LogP contribution in [0, 0.1) is 13.8 Å². The molecule has 0 saturated carbocycles. The van der Waals surface area contributed by atoms with Crippen molar-refractivity contribution < 1.29 is 9.53 Å². The number of hydrogen-bond donors (Lipinski definition) is 1. The van der Waals surface area contributed by atoms with Gasteiger partial charge in [0, 0.05) is 6.20 Å². The molecule has 0 unspecified atom stereocenters. The van der Waals surface area contributed by atoms with E-state index in [0.717, 1.165) is 16.7 Å². The molecule has 0 atom stereocenters. The van der Waals surface area contributed by atoms with Crippen molar-refractivity contribution in [3.63, 3.8) is 0 Å². The molecule has 0 bridgehead atoms. The van der Waals surface area contributed by atoms with E-state index in [-0.39, 0.29) is 19.1 Å². The van der Waals surface area contributed by atoms with E-state index in [1.165, 1.54) is 4.68 Å². The number of anilines is 1. The van der Waals surface area contributed by atoms with E-state index in [2.05, 4.69) is 5.10 Å². The van der Waals surface area contributed by atoms with Gasteiger partial charge in [0.25, 0.3) is 0 Å². The number of benzene rings is 1. The number of rotatable bonds is 4. The fourth-order valence-electron chi connectivity index (χ4n) is 1.76. The molecule has 2 N–H and O–H groups in total. The molecule has 0 aliphatic heterocycles. The summed E-state index contributed by atoms with van der Waals surface area (Å²) in [6, 6.07) is 7.71. The Bertz CT molecular complexity index is 590. The van der Waals surface area contributed by atoms with E-state index in [1.807, 2.05) is 32.0 Å². The maximum atomic E-state index is 11.7. The van der Waals surface area contributed by atoms with Crippen LogP contribution in [0.4, 0.5) is 5.82 Å². The highest BCUT2D eigenvalue weighted by atomic mass is 16.5. The summed E-state index contributed by atoms with van der Waals surface area (Å²) in [7, 11) is 0. The SMILES string of the molecule is Cc1ccc(C)c(COC(=O)Cn2ccc(N)n2)c1. The minimum atomic E-state index is -0.330. The molecule has 0 aliphatic rings. The molecule has 1 heterocycles. The fourth-order valence-corrected chi connectivity index (χ4v) is 1.76. The first-order chi connectivity index (χ1) is 9.04. The van der Waals surface area contributed by atoms with Gasteiger partial charge in [-0.3, -0.25) is 9.48 Å². The summed E-state index contributed by atoms with van der Waals surface area (Å²) in [5, 5.41) is 3.93. The monoisotopic (exact) mass is 259 g/mol. The second kappa shape index (κ2) is 5.56. The first-order valence-electron chi connectivity index (χ1n) is 6.05. The van der Waals surface area contributed by atoms with Crippen LogP contribution in [0.3, 0.4) is 0 Å². The lowest BCUT2D eigenvalue weighted by Crippen LogP contribution is -2.14. The normalized spacial score (nSPS) is 10.4. The molecule has 0 spiro atoms. The number of aryl methyl sites for hydroxylation is 2. The molecular weight excluding hydrogens is 242 g/mol. The van der Waals surface area contributed by atoms with Crippen LogP contribution in [-0.2, 0) is 22.7 Å². The van der Waals surface area contributed by atoms with Gasteiger partial charge in [-0.1, -0.05) is 23.8 Å². The maximum absolute atomic E-state index is 11.7. The van der Waals surface area contributed by atoms with Crippen LogP contribution in [0.5, 0.6) is 0 Å². The average Bonchev–Trinajstić information content (AvgIpc) is 2.76. The number of nitrogens with two attached hydrogens (primary N) is 1. The zero-order chi connectivity index (χ0) is 13.8. The third-order valence-electron chi connectivity index (χ3n) is 2.85. The van der Waals surface area contributed by atoms with E-state index in [1.54, 1.807) is 12.3 Å². The number of hydrogen-bond acceptors (Lipinski definition) is 4. The van der Waals surface area contributed by atoms with Gasteiger partial charge in [0.05, 0.1) is 0 Å². The van der Waals surface area contributed by atoms with E-state index in [4.69, 9.17) is 10.5 Å². The lowest BCUT2D eigenvalue weighted by Gasteiger charge is -2.08. The van der Waals surface area contributed by atoms with Crippen LogP contribution in [0.25, 0.3) is 0 Å². The molecule has 0 aliphatic carbocycles. The van der Waals surface area contributed by atoms with Crippen LogP contribution >= 0.6 is 0 Å². The second-order valence-electron chi connectivity index (χ2n) is 4.53. The molecule has 0 amide bonds. The molecule has 2 aromatic rings. The Balaban J connectivity index is 1.91. The van der Waals surface area contributed by atoms with E-state index >= 15 is 0 Å². The van der Waals surface area contributed by atoms with Crippen LogP contribution in [-0.4, -0.2) is 15.7 Å². The fraction of sp³-hybridized carbons (Fsp3) is 0.286. The third-order valence-corrected chi connectivity index (χ3v) is 2.85. The lowest BCUT2D eigenvalue weighted by atomic mass is 10.1. The zero-order valence-electron chi connectivity index (χ0n) is 11.1.